The molecule has 0 bridgehead atoms. The topological polar surface area (TPSA) is 97.5 Å². The zero-order chi connectivity index (χ0) is 13.6. The minimum atomic E-state index is -3.32. The molecule has 3 rings (SSSR count). The van der Waals surface area contributed by atoms with Crippen molar-refractivity contribution in [3.63, 3.8) is 0 Å². The number of aryl methyl sites for hydroxylation is 1. The molecule has 7 heteroatoms. The van der Waals surface area contributed by atoms with Crippen LogP contribution in [0.2, 0.25) is 0 Å². The van der Waals surface area contributed by atoms with Gasteiger partial charge in [0.15, 0.2) is 9.84 Å². The second-order valence-electron chi connectivity index (χ2n) is 4.24. The Hall–Kier alpha value is -2.15. The molecule has 1 aliphatic rings. The standard InChI is InChI=1S/C12H9NO5S/c14-12(15)10-6-9(13-18-10)8-3-1-2-7-4-5-19(16,17)11(7)8/h1-3,6H,4-5H2,(H,14,15). The number of rotatable bonds is 2. The fourth-order valence-corrected chi connectivity index (χ4v) is 3.97. The lowest BCUT2D eigenvalue weighted by Crippen LogP contribution is -2.01. The first-order chi connectivity index (χ1) is 8.99. The number of sulfone groups is 1. The van der Waals surface area contributed by atoms with E-state index in [-0.39, 0.29) is 22.1 Å². The van der Waals surface area contributed by atoms with E-state index in [1.54, 1.807) is 18.2 Å². The highest BCUT2D eigenvalue weighted by molar-refractivity contribution is 7.91. The minimum absolute atomic E-state index is 0.0724. The van der Waals surface area contributed by atoms with Gasteiger partial charge in [0.05, 0.1) is 10.6 Å². The summed E-state index contributed by atoms with van der Waals surface area (Å²) in [5.74, 6) is -1.49. The van der Waals surface area contributed by atoms with Crippen molar-refractivity contribution in [2.24, 2.45) is 0 Å². The summed E-state index contributed by atoms with van der Waals surface area (Å²) in [6.07, 6.45) is 0.467. The molecule has 0 spiro atoms. The summed E-state index contributed by atoms with van der Waals surface area (Å²) in [6.45, 7) is 0. The summed E-state index contributed by atoms with van der Waals surface area (Å²) in [4.78, 5) is 11.0. The average Bonchev–Trinajstić information content (AvgIpc) is 2.95. The van der Waals surface area contributed by atoms with Gasteiger partial charge in [-0.3, -0.25) is 0 Å². The monoisotopic (exact) mass is 279 g/mol. The van der Waals surface area contributed by atoms with Crippen LogP contribution in [0, 0.1) is 0 Å². The highest BCUT2D eigenvalue weighted by Gasteiger charge is 2.30. The maximum absolute atomic E-state index is 12.0. The van der Waals surface area contributed by atoms with Crippen LogP contribution in [0.25, 0.3) is 11.3 Å². The van der Waals surface area contributed by atoms with Gasteiger partial charge in [-0.2, -0.15) is 0 Å². The molecule has 0 saturated carbocycles. The number of aromatic nitrogens is 1. The number of fused-ring (bicyclic) bond motifs is 1. The third kappa shape index (κ3) is 1.82. The van der Waals surface area contributed by atoms with Crippen LogP contribution < -0.4 is 0 Å². The van der Waals surface area contributed by atoms with E-state index >= 15 is 0 Å². The number of hydrogen-bond donors (Lipinski definition) is 1. The Morgan fingerprint density at radius 3 is 2.84 bits per heavy atom. The van der Waals surface area contributed by atoms with Crippen molar-refractivity contribution < 1.29 is 22.8 Å². The first-order valence-electron chi connectivity index (χ1n) is 5.54. The molecule has 19 heavy (non-hydrogen) atoms. The molecule has 1 N–H and O–H groups in total. The first kappa shape index (κ1) is 11.9. The number of carboxylic acid groups (broad SMARTS) is 1. The Morgan fingerprint density at radius 1 is 1.37 bits per heavy atom. The molecule has 0 radical (unpaired) electrons. The van der Waals surface area contributed by atoms with Gasteiger partial charge in [0.1, 0.15) is 5.69 Å². The minimum Gasteiger partial charge on any atom is -0.475 e. The lowest BCUT2D eigenvalue weighted by molar-refractivity contribution is 0.0652. The Bertz CT molecular complexity index is 775. The molecule has 1 aliphatic heterocycles. The number of carbonyl (C=O) groups is 1. The van der Waals surface area contributed by atoms with Gasteiger partial charge in [-0.05, 0) is 12.0 Å². The highest BCUT2D eigenvalue weighted by Crippen LogP contribution is 2.35. The predicted molar refractivity (Wildman–Crippen MR) is 64.7 cm³/mol. The van der Waals surface area contributed by atoms with E-state index in [2.05, 4.69) is 9.68 Å². The van der Waals surface area contributed by atoms with Crippen molar-refractivity contribution in [1.82, 2.24) is 5.16 Å². The number of aromatic carboxylic acids is 1. The molecule has 2 aromatic rings. The Morgan fingerprint density at radius 2 is 2.16 bits per heavy atom. The van der Waals surface area contributed by atoms with Crippen molar-refractivity contribution in [3.05, 3.63) is 35.6 Å². The van der Waals surface area contributed by atoms with Gasteiger partial charge in [-0.25, -0.2) is 13.2 Å². The van der Waals surface area contributed by atoms with Crippen LogP contribution >= 0.6 is 0 Å². The molecular weight excluding hydrogens is 270 g/mol. The predicted octanol–water partition coefficient (Wildman–Crippen LogP) is 1.37. The summed E-state index contributed by atoms with van der Waals surface area (Å²) < 4.78 is 28.7. The van der Waals surface area contributed by atoms with Crippen LogP contribution in [0.3, 0.4) is 0 Å². The van der Waals surface area contributed by atoms with Gasteiger partial charge >= 0.3 is 5.97 Å². The molecule has 0 amide bonds. The van der Waals surface area contributed by atoms with E-state index in [1.165, 1.54) is 6.07 Å². The summed E-state index contributed by atoms with van der Waals surface area (Å²) in [7, 11) is -3.32. The van der Waals surface area contributed by atoms with E-state index in [1.807, 2.05) is 0 Å². The molecule has 0 aliphatic carbocycles. The van der Waals surface area contributed by atoms with Gasteiger partial charge in [0, 0.05) is 11.6 Å². The molecule has 6 nitrogen and oxygen atoms in total. The third-order valence-corrected chi connectivity index (χ3v) is 4.89. The molecule has 1 aromatic carbocycles. The fraction of sp³-hybridized carbons (Fsp3) is 0.167. The van der Waals surface area contributed by atoms with Crippen LogP contribution in [0.15, 0.2) is 33.7 Å². The van der Waals surface area contributed by atoms with Gasteiger partial charge in [-0.1, -0.05) is 23.4 Å². The van der Waals surface area contributed by atoms with Crippen LogP contribution in [0.4, 0.5) is 0 Å². The number of carboxylic acids is 1. The molecular formula is C12H9NO5S. The van der Waals surface area contributed by atoms with Crippen LogP contribution in [-0.4, -0.2) is 30.4 Å². The summed E-state index contributed by atoms with van der Waals surface area (Å²) in [5.41, 5.74) is 1.35. The van der Waals surface area contributed by atoms with Crippen molar-refractivity contribution in [2.45, 2.75) is 11.3 Å². The molecule has 1 aromatic heterocycles. The molecule has 0 atom stereocenters. The maximum atomic E-state index is 12.0. The lowest BCUT2D eigenvalue weighted by atomic mass is 10.1. The summed E-state index contributed by atoms with van der Waals surface area (Å²) in [5, 5.41) is 12.4. The van der Waals surface area contributed by atoms with E-state index < -0.39 is 15.8 Å². The van der Waals surface area contributed by atoms with E-state index in [4.69, 9.17) is 5.11 Å². The van der Waals surface area contributed by atoms with Crippen LogP contribution in [0.1, 0.15) is 16.1 Å². The second-order valence-corrected chi connectivity index (χ2v) is 6.29. The van der Waals surface area contributed by atoms with Crippen molar-refractivity contribution in [2.75, 3.05) is 5.75 Å². The third-order valence-electron chi connectivity index (χ3n) is 3.04. The van der Waals surface area contributed by atoms with Gasteiger partial charge in [-0.15, -0.1) is 0 Å². The molecule has 0 saturated heterocycles. The van der Waals surface area contributed by atoms with Gasteiger partial charge in [0.25, 0.3) is 0 Å². The Balaban J connectivity index is 2.22. The molecule has 0 fully saturated rings. The summed E-state index contributed by atoms with van der Waals surface area (Å²) >= 11 is 0. The number of nitrogens with zero attached hydrogens (tertiary/aromatic N) is 1. The zero-order valence-electron chi connectivity index (χ0n) is 9.66. The van der Waals surface area contributed by atoms with Crippen molar-refractivity contribution in [3.8, 4) is 11.3 Å². The number of benzene rings is 1. The van der Waals surface area contributed by atoms with Gasteiger partial charge in [0.2, 0.25) is 5.76 Å². The van der Waals surface area contributed by atoms with E-state index in [9.17, 15) is 13.2 Å². The average molecular weight is 279 g/mol. The van der Waals surface area contributed by atoms with E-state index in [0.29, 0.717) is 12.0 Å². The highest BCUT2D eigenvalue weighted by atomic mass is 32.2. The first-order valence-corrected chi connectivity index (χ1v) is 7.19. The van der Waals surface area contributed by atoms with E-state index in [0.717, 1.165) is 5.56 Å². The van der Waals surface area contributed by atoms with Crippen LogP contribution in [-0.2, 0) is 16.3 Å². The van der Waals surface area contributed by atoms with Crippen LogP contribution in [0.5, 0.6) is 0 Å². The second kappa shape index (κ2) is 3.92. The molecule has 98 valence electrons. The normalized spacial score (nSPS) is 16.2. The van der Waals surface area contributed by atoms with Gasteiger partial charge < -0.3 is 9.63 Å². The Labute approximate surface area is 108 Å². The maximum Gasteiger partial charge on any atom is 0.374 e. The molecule has 0 unspecified atom stereocenters. The zero-order valence-corrected chi connectivity index (χ0v) is 10.5. The summed E-state index contributed by atoms with van der Waals surface area (Å²) in [6, 6.07) is 6.31. The number of hydrogen-bond acceptors (Lipinski definition) is 5. The smallest absolute Gasteiger partial charge is 0.374 e. The largest absolute Gasteiger partial charge is 0.475 e. The quantitative estimate of drug-likeness (QED) is 0.891. The van der Waals surface area contributed by atoms with Crippen molar-refractivity contribution in [1.29, 1.82) is 0 Å². The Kier molecular flexibility index (Phi) is 2.46. The lowest BCUT2D eigenvalue weighted by Gasteiger charge is -2.04. The molecule has 2 heterocycles. The SMILES string of the molecule is O=C(O)c1cc(-c2cccc3c2S(=O)(=O)CC3)no1. The fourth-order valence-electron chi connectivity index (χ4n) is 2.20. The van der Waals surface area contributed by atoms with Crippen molar-refractivity contribution >= 4 is 15.8 Å².